The summed E-state index contributed by atoms with van der Waals surface area (Å²) < 4.78 is 11.0. The molecule has 0 bridgehead atoms. The Morgan fingerprint density at radius 3 is 2.61 bits per heavy atom. The van der Waals surface area contributed by atoms with Crippen molar-refractivity contribution in [2.45, 2.75) is 56.6 Å². The fourth-order valence-corrected chi connectivity index (χ4v) is 3.06. The van der Waals surface area contributed by atoms with E-state index in [2.05, 4.69) is 5.43 Å². The third-order valence-electron chi connectivity index (χ3n) is 4.21. The third-order valence-corrected chi connectivity index (χ3v) is 4.21. The second-order valence-electron chi connectivity index (χ2n) is 5.24. The zero-order chi connectivity index (χ0) is 12.8. The number of ether oxygens (including phenoxy) is 1. The highest BCUT2D eigenvalue weighted by Gasteiger charge is 2.38. The molecule has 1 aliphatic rings. The van der Waals surface area contributed by atoms with Gasteiger partial charge in [-0.15, -0.1) is 0 Å². The minimum atomic E-state index is -0.136. The summed E-state index contributed by atoms with van der Waals surface area (Å²) in [6, 6.07) is 2.13. The molecule has 4 nitrogen and oxygen atoms in total. The predicted molar refractivity (Wildman–Crippen MR) is 71.0 cm³/mol. The van der Waals surface area contributed by atoms with Crippen LogP contribution in [0, 0.1) is 0 Å². The highest BCUT2D eigenvalue weighted by molar-refractivity contribution is 5.10. The van der Waals surface area contributed by atoms with Gasteiger partial charge in [0, 0.05) is 7.11 Å². The molecule has 4 heteroatoms. The molecule has 1 atom stereocenters. The second-order valence-corrected chi connectivity index (χ2v) is 5.24. The van der Waals surface area contributed by atoms with E-state index in [-0.39, 0.29) is 11.6 Å². The van der Waals surface area contributed by atoms with Crippen LogP contribution in [0.5, 0.6) is 0 Å². The summed E-state index contributed by atoms with van der Waals surface area (Å²) in [4.78, 5) is 0. The zero-order valence-electron chi connectivity index (χ0n) is 11.2. The van der Waals surface area contributed by atoms with Crippen molar-refractivity contribution in [2.24, 2.45) is 5.84 Å². The SMILES string of the molecule is COC1(C(Cc2ccoc2)NN)CCCCCC1. The van der Waals surface area contributed by atoms with Crippen molar-refractivity contribution in [2.75, 3.05) is 7.11 Å². The first kappa shape index (κ1) is 13.6. The van der Waals surface area contributed by atoms with Gasteiger partial charge in [-0.25, -0.2) is 0 Å². The van der Waals surface area contributed by atoms with E-state index >= 15 is 0 Å². The molecule has 2 rings (SSSR count). The van der Waals surface area contributed by atoms with Crippen molar-refractivity contribution >= 4 is 0 Å². The first-order chi connectivity index (χ1) is 8.80. The Hall–Kier alpha value is -0.840. The Labute approximate surface area is 109 Å². The van der Waals surface area contributed by atoms with Gasteiger partial charge in [-0.2, -0.15) is 0 Å². The van der Waals surface area contributed by atoms with Crippen molar-refractivity contribution in [1.29, 1.82) is 0 Å². The van der Waals surface area contributed by atoms with Gasteiger partial charge in [-0.3, -0.25) is 11.3 Å². The van der Waals surface area contributed by atoms with Crippen molar-refractivity contribution < 1.29 is 9.15 Å². The molecule has 0 aromatic carbocycles. The average Bonchev–Trinajstić information content (AvgIpc) is 2.79. The molecular formula is C14H24N2O2. The molecule has 18 heavy (non-hydrogen) atoms. The van der Waals surface area contributed by atoms with Crippen LogP contribution in [-0.2, 0) is 11.2 Å². The smallest absolute Gasteiger partial charge is 0.0935 e. The maximum Gasteiger partial charge on any atom is 0.0935 e. The summed E-state index contributed by atoms with van der Waals surface area (Å²) in [5, 5.41) is 0. The number of nitrogens with two attached hydrogens (primary N) is 1. The van der Waals surface area contributed by atoms with Crippen LogP contribution < -0.4 is 11.3 Å². The standard InChI is InChI=1S/C14H24N2O2/c1-17-14(7-4-2-3-5-8-14)13(16-15)10-12-6-9-18-11-12/h6,9,11,13,16H,2-5,7-8,10,15H2,1H3. The lowest BCUT2D eigenvalue weighted by Gasteiger charge is -2.38. The van der Waals surface area contributed by atoms with Crippen LogP contribution in [0.25, 0.3) is 0 Å². The molecule has 1 saturated carbocycles. The molecule has 1 aromatic rings. The summed E-state index contributed by atoms with van der Waals surface area (Å²) in [7, 11) is 1.81. The highest BCUT2D eigenvalue weighted by Crippen LogP contribution is 2.34. The lowest BCUT2D eigenvalue weighted by molar-refractivity contribution is -0.0527. The number of nitrogens with one attached hydrogen (secondary N) is 1. The van der Waals surface area contributed by atoms with E-state index in [1.165, 1.54) is 31.2 Å². The second kappa shape index (κ2) is 6.36. The Bertz CT molecular complexity index is 330. The molecule has 1 heterocycles. The Morgan fingerprint density at radius 2 is 2.11 bits per heavy atom. The average molecular weight is 252 g/mol. The monoisotopic (exact) mass is 252 g/mol. The summed E-state index contributed by atoms with van der Waals surface area (Å²) in [6.07, 6.45) is 11.5. The van der Waals surface area contributed by atoms with Crippen molar-refractivity contribution in [3.63, 3.8) is 0 Å². The molecular weight excluding hydrogens is 228 g/mol. The third kappa shape index (κ3) is 2.94. The first-order valence-corrected chi connectivity index (χ1v) is 6.83. The highest BCUT2D eigenvalue weighted by atomic mass is 16.5. The van der Waals surface area contributed by atoms with Crippen LogP contribution >= 0.6 is 0 Å². The Morgan fingerprint density at radius 1 is 1.39 bits per heavy atom. The minimum absolute atomic E-state index is 0.136. The predicted octanol–water partition coefficient (Wildman–Crippen LogP) is 2.39. The lowest BCUT2D eigenvalue weighted by Crippen LogP contribution is -2.55. The maximum atomic E-state index is 5.89. The molecule has 0 spiro atoms. The fourth-order valence-electron chi connectivity index (χ4n) is 3.06. The van der Waals surface area contributed by atoms with Gasteiger partial charge in [0.1, 0.15) is 0 Å². The van der Waals surface area contributed by atoms with Crippen molar-refractivity contribution in [3.8, 4) is 0 Å². The van der Waals surface area contributed by atoms with Gasteiger partial charge in [0.25, 0.3) is 0 Å². The van der Waals surface area contributed by atoms with Crippen molar-refractivity contribution in [1.82, 2.24) is 5.43 Å². The van der Waals surface area contributed by atoms with Crippen LogP contribution in [0.3, 0.4) is 0 Å². The summed E-state index contributed by atoms with van der Waals surface area (Å²) in [5.74, 6) is 5.77. The van der Waals surface area contributed by atoms with Crippen LogP contribution in [0.15, 0.2) is 23.0 Å². The summed E-state index contributed by atoms with van der Waals surface area (Å²) >= 11 is 0. The number of rotatable bonds is 5. The van der Waals surface area contributed by atoms with Crippen LogP contribution in [0.1, 0.15) is 44.1 Å². The Balaban J connectivity index is 2.11. The van der Waals surface area contributed by atoms with Gasteiger partial charge in [-0.05, 0) is 30.9 Å². The first-order valence-electron chi connectivity index (χ1n) is 6.83. The van der Waals surface area contributed by atoms with Crippen LogP contribution in [0.4, 0.5) is 0 Å². The quantitative estimate of drug-likeness (QED) is 0.480. The van der Waals surface area contributed by atoms with E-state index < -0.39 is 0 Å². The van der Waals surface area contributed by atoms with Gasteiger partial charge in [-0.1, -0.05) is 25.7 Å². The molecule has 102 valence electrons. The van der Waals surface area contributed by atoms with E-state index in [0.29, 0.717) is 0 Å². The maximum absolute atomic E-state index is 5.89. The molecule has 1 unspecified atom stereocenters. The molecule has 0 saturated heterocycles. The normalized spacial score (nSPS) is 21.4. The molecule has 0 amide bonds. The lowest BCUT2D eigenvalue weighted by atomic mass is 9.83. The number of hydrogen-bond donors (Lipinski definition) is 2. The summed E-state index contributed by atoms with van der Waals surface area (Å²) in [6.45, 7) is 0. The number of hydrazine groups is 1. The fraction of sp³-hybridized carbons (Fsp3) is 0.714. The topological polar surface area (TPSA) is 60.4 Å². The minimum Gasteiger partial charge on any atom is -0.472 e. The molecule has 3 N–H and O–H groups in total. The van der Waals surface area contributed by atoms with Gasteiger partial charge >= 0.3 is 0 Å². The molecule has 1 aliphatic carbocycles. The number of methoxy groups -OCH3 is 1. The largest absolute Gasteiger partial charge is 0.472 e. The van der Waals surface area contributed by atoms with Crippen molar-refractivity contribution in [3.05, 3.63) is 24.2 Å². The molecule has 1 fully saturated rings. The van der Waals surface area contributed by atoms with E-state index in [0.717, 1.165) is 19.3 Å². The van der Waals surface area contributed by atoms with Gasteiger partial charge < -0.3 is 9.15 Å². The van der Waals surface area contributed by atoms with Crippen LogP contribution in [-0.4, -0.2) is 18.8 Å². The molecule has 0 aliphatic heterocycles. The molecule has 0 radical (unpaired) electrons. The molecule has 1 aromatic heterocycles. The van der Waals surface area contributed by atoms with Gasteiger partial charge in [0.2, 0.25) is 0 Å². The van der Waals surface area contributed by atoms with Gasteiger partial charge in [0.15, 0.2) is 0 Å². The van der Waals surface area contributed by atoms with E-state index in [4.69, 9.17) is 15.0 Å². The summed E-state index contributed by atoms with van der Waals surface area (Å²) in [5.41, 5.74) is 3.99. The van der Waals surface area contributed by atoms with E-state index in [1.54, 1.807) is 12.5 Å². The van der Waals surface area contributed by atoms with Crippen LogP contribution in [0.2, 0.25) is 0 Å². The van der Waals surface area contributed by atoms with E-state index in [9.17, 15) is 0 Å². The van der Waals surface area contributed by atoms with E-state index in [1.807, 2.05) is 13.2 Å². The Kier molecular flexibility index (Phi) is 4.80. The van der Waals surface area contributed by atoms with Gasteiger partial charge in [0.05, 0.1) is 24.2 Å². The number of hydrogen-bond acceptors (Lipinski definition) is 4. The number of furan rings is 1. The zero-order valence-corrected chi connectivity index (χ0v) is 11.2.